The highest BCUT2D eigenvalue weighted by Gasteiger charge is 2.15. The summed E-state index contributed by atoms with van der Waals surface area (Å²) in [5.41, 5.74) is 12.9. The molecule has 0 saturated heterocycles. The van der Waals surface area contributed by atoms with Gasteiger partial charge in [-0.1, -0.05) is 97.1 Å². The predicted molar refractivity (Wildman–Crippen MR) is 185 cm³/mol. The standard InChI is InChI=1S/C42H29NO/c1-3-10-28(11-4-1)30-14-9-15-34(24-30)43-39-17-8-7-16-35(39)36-25-32(18-21-40(36)43)33-20-23-42-38(27-33)37-26-31(19-22-41(37)44-42)29-12-5-2-6-13-29/h1-5,7-12,14-27H,6,13H2. The second-order valence-electron chi connectivity index (χ2n) is 11.7. The first-order valence-electron chi connectivity index (χ1n) is 15.3. The number of fused-ring (bicyclic) bond motifs is 6. The SMILES string of the molecule is C1=CCCC(c2ccc3oc4ccc(-c5ccc6c(c5)c5ccccc5n6-c5cccc(-c6ccccc6)c5)cc4c3c2)=C1. The lowest BCUT2D eigenvalue weighted by Gasteiger charge is -2.11. The summed E-state index contributed by atoms with van der Waals surface area (Å²) in [6, 6.07) is 48.3. The third kappa shape index (κ3) is 4.03. The maximum atomic E-state index is 6.27. The van der Waals surface area contributed by atoms with Crippen molar-refractivity contribution < 1.29 is 4.42 Å². The van der Waals surface area contributed by atoms with Crippen LogP contribution >= 0.6 is 0 Å². The zero-order chi connectivity index (χ0) is 29.0. The lowest BCUT2D eigenvalue weighted by molar-refractivity contribution is 0.669. The minimum absolute atomic E-state index is 0.925. The van der Waals surface area contributed by atoms with Crippen LogP contribution < -0.4 is 0 Å². The Labute approximate surface area is 255 Å². The number of nitrogens with zero attached hydrogens (tertiary/aromatic N) is 1. The van der Waals surface area contributed by atoms with Crippen LogP contribution in [0.3, 0.4) is 0 Å². The predicted octanol–water partition coefficient (Wildman–Crippen LogP) is 11.8. The van der Waals surface area contributed by atoms with Gasteiger partial charge in [-0.05, 0) is 101 Å². The number of para-hydroxylation sites is 1. The number of hydrogen-bond acceptors (Lipinski definition) is 1. The number of hydrogen-bond donors (Lipinski definition) is 0. The minimum atomic E-state index is 0.925. The van der Waals surface area contributed by atoms with Gasteiger partial charge in [0.15, 0.2) is 0 Å². The van der Waals surface area contributed by atoms with E-state index in [1.807, 2.05) is 0 Å². The second-order valence-corrected chi connectivity index (χ2v) is 11.7. The van der Waals surface area contributed by atoms with Gasteiger partial charge < -0.3 is 8.98 Å². The van der Waals surface area contributed by atoms with Gasteiger partial charge in [-0.15, -0.1) is 0 Å². The maximum absolute atomic E-state index is 6.27. The van der Waals surface area contributed by atoms with E-state index in [9.17, 15) is 0 Å². The summed E-state index contributed by atoms with van der Waals surface area (Å²) in [5, 5.41) is 4.83. The molecule has 208 valence electrons. The summed E-state index contributed by atoms with van der Waals surface area (Å²) in [4.78, 5) is 0. The highest BCUT2D eigenvalue weighted by molar-refractivity contribution is 6.11. The van der Waals surface area contributed by atoms with Gasteiger partial charge in [0.1, 0.15) is 11.2 Å². The van der Waals surface area contributed by atoms with E-state index >= 15 is 0 Å². The van der Waals surface area contributed by atoms with Gasteiger partial charge in [0.05, 0.1) is 11.0 Å². The van der Waals surface area contributed by atoms with Crippen molar-refractivity contribution in [3.05, 3.63) is 157 Å². The van der Waals surface area contributed by atoms with Gasteiger partial charge in [-0.25, -0.2) is 0 Å². The van der Waals surface area contributed by atoms with E-state index in [2.05, 4.69) is 156 Å². The normalized spacial score (nSPS) is 13.3. The lowest BCUT2D eigenvalue weighted by Crippen LogP contribution is -1.94. The van der Waals surface area contributed by atoms with Gasteiger partial charge in [0, 0.05) is 27.2 Å². The molecule has 1 aliphatic carbocycles. The van der Waals surface area contributed by atoms with E-state index < -0.39 is 0 Å². The Bertz CT molecular complexity index is 2430. The Morgan fingerprint density at radius 1 is 0.477 bits per heavy atom. The van der Waals surface area contributed by atoms with Crippen molar-refractivity contribution in [2.75, 3.05) is 0 Å². The summed E-state index contributed by atoms with van der Waals surface area (Å²) < 4.78 is 8.66. The van der Waals surface area contributed by atoms with Crippen LogP contribution in [0.15, 0.2) is 156 Å². The van der Waals surface area contributed by atoms with Crippen molar-refractivity contribution >= 4 is 49.3 Å². The highest BCUT2D eigenvalue weighted by atomic mass is 16.3. The Kier molecular flexibility index (Phi) is 5.67. The van der Waals surface area contributed by atoms with E-state index in [-0.39, 0.29) is 0 Å². The molecule has 2 heteroatoms. The van der Waals surface area contributed by atoms with Crippen molar-refractivity contribution in [3.63, 3.8) is 0 Å². The molecule has 0 N–H and O–H groups in total. The molecule has 6 aromatic carbocycles. The smallest absolute Gasteiger partial charge is 0.135 e. The van der Waals surface area contributed by atoms with Gasteiger partial charge in [-0.3, -0.25) is 0 Å². The van der Waals surface area contributed by atoms with Gasteiger partial charge in [0.25, 0.3) is 0 Å². The first-order valence-corrected chi connectivity index (χ1v) is 15.3. The summed E-state index contributed by atoms with van der Waals surface area (Å²) in [6.07, 6.45) is 8.81. The minimum Gasteiger partial charge on any atom is -0.456 e. The zero-order valence-corrected chi connectivity index (χ0v) is 24.2. The number of aromatic nitrogens is 1. The number of benzene rings is 6. The molecule has 9 rings (SSSR count). The summed E-state index contributed by atoms with van der Waals surface area (Å²) >= 11 is 0. The molecule has 8 aromatic rings. The van der Waals surface area contributed by atoms with Gasteiger partial charge in [0.2, 0.25) is 0 Å². The topological polar surface area (TPSA) is 18.1 Å². The van der Waals surface area contributed by atoms with Crippen molar-refractivity contribution in [2.45, 2.75) is 12.8 Å². The average Bonchev–Trinajstić information content (AvgIpc) is 3.63. The van der Waals surface area contributed by atoms with E-state index in [0.717, 1.165) is 35.1 Å². The van der Waals surface area contributed by atoms with Crippen molar-refractivity contribution in [1.29, 1.82) is 0 Å². The molecular formula is C42H29NO. The molecule has 0 radical (unpaired) electrons. The number of furan rings is 1. The molecule has 0 bridgehead atoms. The van der Waals surface area contributed by atoms with Crippen LogP contribution in [0.1, 0.15) is 18.4 Å². The second kappa shape index (κ2) is 10.00. The monoisotopic (exact) mass is 563 g/mol. The fraction of sp³-hybridized carbons (Fsp3) is 0.0476. The lowest BCUT2D eigenvalue weighted by atomic mass is 9.95. The average molecular weight is 564 g/mol. The first kappa shape index (κ1) is 24.9. The Hall–Kier alpha value is -5.60. The molecule has 0 amide bonds. The molecular weight excluding hydrogens is 534 g/mol. The van der Waals surface area contributed by atoms with Gasteiger partial charge in [-0.2, -0.15) is 0 Å². The van der Waals surface area contributed by atoms with E-state index in [1.165, 1.54) is 60.6 Å². The Balaban J connectivity index is 1.19. The molecule has 0 fully saturated rings. The molecule has 0 spiro atoms. The largest absolute Gasteiger partial charge is 0.456 e. The molecule has 1 aliphatic rings. The summed E-state index contributed by atoms with van der Waals surface area (Å²) in [7, 11) is 0. The molecule has 44 heavy (non-hydrogen) atoms. The Morgan fingerprint density at radius 2 is 1.14 bits per heavy atom. The maximum Gasteiger partial charge on any atom is 0.135 e. The Morgan fingerprint density at radius 3 is 1.95 bits per heavy atom. The van der Waals surface area contributed by atoms with Gasteiger partial charge >= 0.3 is 0 Å². The third-order valence-electron chi connectivity index (χ3n) is 9.07. The van der Waals surface area contributed by atoms with Crippen molar-refractivity contribution in [2.24, 2.45) is 0 Å². The van der Waals surface area contributed by atoms with Crippen LogP contribution in [0.25, 0.3) is 77.3 Å². The molecule has 2 nitrogen and oxygen atoms in total. The molecule has 2 aromatic heterocycles. The van der Waals surface area contributed by atoms with Crippen LogP contribution in [0, 0.1) is 0 Å². The zero-order valence-electron chi connectivity index (χ0n) is 24.2. The first-order chi connectivity index (χ1) is 21.8. The van der Waals surface area contributed by atoms with Crippen LogP contribution in [0.5, 0.6) is 0 Å². The fourth-order valence-electron chi connectivity index (χ4n) is 6.89. The van der Waals surface area contributed by atoms with E-state index in [4.69, 9.17) is 4.42 Å². The molecule has 0 saturated carbocycles. The fourth-order valence-corrected chi connectivity index (χ4v) is 6.89. The van der Waals surface area contributed by atoms with Crippen LogP contribution in [0.4, 0.5) is 0 Å². The molecule has 0 aliphatic heterocycles. The van der Waals surface area contributed by atoms with Crippen LogP contribution in [-0.2, 0) is 0 Å². The molecule has 0 atom stereocenters. The summed E-state index contributed by atoms with van der Waals surface area (Å²) in [6.45, 7) is 0. The van der Waals surface area contributed by atoms with E-state index in [1.54, 1.807) is 0 Å². The van der Waals surface area contributed by atoms with E-state index in [0.29, 0.717) is 0 Å². The quantitative estimate of drug-likeness (QED) is 0.208. The van der Waals surface area contributed by atoms with Crippen molar-refractivity contribution in [3.8, 4) is 27.9 Å². The number of allylic oxidation sites excluding steroid dienone is 4. The number of rotatable bonds is 4. The summed E-state index contributed by atoms with van der Waals surface area (Å²) in [5.74, 6) is 0. The van der Waals surface area contributed by atoms with Crippen LogP contribution in [-0.4, -0.2) is 4.57 Å². The molecule has 2 heterocycles. The van der Waals surface area contributed by atoms with Crippen molar-refractivity contribution in [1.82, 2.24) is 4.57 Å². The molecule has 0 unspecified atom stereocenters. The third-order valence-corrected chi connectivity index (χ3v) is 9.07. The van der Waals surface area contributed by atoms with Crippen LogP contribution in [0.2, 0.25) is 0 Å². The highest BCUT2D eigenvalue weighted by Crippen LogP contribution is 2.38.